The molecule has 174 valence electrons. The van der Waals surface area contributed by atoms with Crippen LogP contribution in [-0.2, 0) is 9.59 Å². The maximum Gasteiger partial charge on any atom is 0.240 e. The van der Waals surface area contributed by atoms with Gasteiger partial charge in [0, 0.05) is 5.56 Å². The molecule has 0 unspecified atom stereocenters. The third-order valence-electron chi connectivity index (χ3n) is 6.85. The average molecular weight is 492 g/mol. The highest BCUT2D eigenvalue weighted by molar-refractivity contribution is 6.31. The van der Waals surface area contributed by atoms with E-state index in [1.807, 2.05) is 24.3 Å². The van der Waals surface area contributed by atoms with E-state index in [0.717, 1.165) is 22.1 Å². The summed E-state index contributed by atoms with van der Waals surface area (Å²) in [4.78, 5) is 42.1. The summed E-state index contributed by atoms with van der Waals surface area (Å²) in [6.45, 7) is 0. The summed E-state index contributed by atoms with van der Waals surface area (Å²) in [5.41, 5.74) is 1.89. The van der Waals surface area contributed by atoms with E-state index in [9.17, 15) is 23.2 Å². The first-order chi connectivity index (χ1) is 16.9. The van der Waals surface area contributed by atoms with Crippen molar-refractivity contribution in [1.82, 2.24) is 5.01 Å². The summed E-state index contributed by atoms with van der Waals surface area (Å²) in [6.07, 6.45) is 1.60. The summed E-state index contributed by atoms with van der Waals surface area (Å²) in [7, 11) is 0. The molecule has 0 N–H and O–H groups in total. The maximum atomic E-state index is 13.8. The second-order valence-electron chi connectivity index (χ2n) is 8.68. The Morgan fingerprint density at radius 2 is 1.63 bits per heavy atom. The molecule has 0 aromatic heterocycles. The van der Waals surface area contributed by atoms with Crippen LogP contribution < -0.4 is 4.90 Å². The molecule has 3 heterocycles. The van der Waals surface area contributed by atoms with E-state index >= 15 is 0 Å². The van der Waals surface area contributed by atoms with Gasteiger partial charge < -0.3 is 0 Å². The van der Waals surface area contributed by atoms with Gasteiger partial charge in [0.1, 0.15) is 17.7 Å². The van der Waals surface area contributed by atoms with Crippen molar-refractivity contribution in [3.05, 3.63) is 100 Å². The Labute approximate surface area is 203 Å². The molecule has 4 atom stereocenters. The number of hydrogen-bond donors (Lipinski definition) is 0. The first kappa shape index (κ1) is 21.6. The van der Waals surface area contributed by atoms with Crippen LogP contribution in [0, 0.1) is 23.5 Å². The van der Waals surface area contributed by atoms with E-state index in [4.69, 9.17) is 11.6 Å². The molecule has 6 rings (SSSR count). The van der Waals surface area contributed by atoms with E-state index < -0.39 is 53.2 Å². The molecule has 2 fully saturated rings. The fraction of sp³-hybridized carbons (Fsp3) is 0.154. The fourth-order valence-electron chi connectivity index (χ4n) is 5.33. The minimum atomic E-state index is -1.09. The molecule has 0 bridgehead atoms. The number of ketones is 1. The Hall–Kier alpha value is -3.91. The van der Waals surface area contributed by atoms with Gasteiger partial charge in [0.2, 0.25) is 11.8 Å². The van der Waals surface area contributed by atoms with Crippen molar-refractivity contribution in [2.45, 2.75) is 12.1 Å². The average Bonchev–Trinajstić information content (AvgIpc) is 3.33. The monoisotopic (exact) mass is 491 g/mol. The first-order valence-electron chi connectivity index (χ1n) is 10.9. The molecule has 2 amide bonds. The quantitative estimate of drug-likeness (QED) is 0.403. The summed E-state index contributed by atoms with van der Waals surface area (Å²) in [5, 5.41) is 5.77. The van der Waals surface area contributed by atoms with Gasteiger partial charge in [-0.2, -0.15) is 5.10 Å². The number of fused-ring (bicyclic) bond motifs is 5. The van der Waals surface area contributed by atoms with Crippen LogP contribution in [0.1, 0.15) is 27.5 Å². The molecule has 6 nitrogen and oxygen atoms in total. The summed E-state index contributed by atoms with van der Waals surface area (Å²) in [6, 6.07) is 14.2. The Kier molecular flexibility index (Phi) is 4.82. The molecule has 2 saturated heterocycles. The predicted molar refractivity (Wildman–Crippen MR) is 124 cm³/mol. The second kappa shape index (κ2) is 7.81. The number of Topliss-reactive ketones (excluding diaryl/α,β-unsaturated/α-hetero) is 1. The zero-order valence-electron chi connectivity index (χ0n) is 17.9. The normalized spacial score (nSPS) is 24.4. The zero-order valence-corrected chi connectivity index (χ0v) is 18.7. The summed E-state index contributed by atoms with van der Waals surface area (Å²) < 4.78 is 27.3. The lowest BCUT2D eigenvalue weighted by atomic mass is 9.83. The van der Waals surface area contributed by atoms with Crippen molar-refractivity contribution in [1.29, 1.82) is 0 Å². The van der Waals surface area contributed by atoms with E-state index in [-0.39, 0.29) is 16.3 Å². The van der Waals surface area contributed by atoms with Crippen molar-refractivity contribution in [2.75, 3.05) is 4.90 Å². The highest BCUT2D eigenvalue weighted by Gasteiger charge is 2.65. The minimum absolute atomic E-state index is 0.132. The van der Waals surface area contributed by atoms with Crippen LogP contribution in [0.2, 0.25) is 5.02 Å². The number of hydrogen-bond acceptors (Lipinski definition) is 5. The number of carbonyl (C=O) groups excluding carboxylic acids is 3. The maximum absolute atomic E-state index is 13.8. The van der Waals surface area contributed by atoms with Gasteiger partial charge in [-0.15, -0.1) is 0 Å². The van der Waals surface area contributed by atoms with E-state index in [1.165, 1.54) is 41.4 Å². The number of carbonyl (C=O) groups is 3. The summed E-state index contributed by atoms with van der Waals surface area (Å²) in [5.74, 6) is -4.68. The lowest BCUT2D eigenvalue weighted by Gasteiger charge is -2.33. The van der Waals surface area contributed by atoms with Gasteiger partial charge in [-0.3, -0.25) is 19.4 Å². The number of anilines is 1. The van der Waals surface area contributed by atoms with Gasteiger partial charge in [-0.25, -0.2) is 13.7 Å². The molecule has 3 aromatic carbocycles. The van der Waals surface area contributed by atoms with Gasteiger partial charge in [-0.05, 0) is 53.6 Å². The van der Waals surface area contributed by atoms with Crippen molar-refractivity contribution < 1.29 is 23.2 Å². The van der Waals surface area contributed by atoms with Gasteiger partial charge in [0.05, 0.1) is 34.8 Å². The Morgan fingerprint density at radius 1 is 0.914 bits per heavy atom. The van der Waals surface area contributed by atoms with Gasteiger partial charge in [0.15, 0.2) is 5.78 Å². The van der Waals surface area contributed by atoms with Crippen LogP contribution in [0.25, 0.3) is 0 Å². The van der Waals surface area contributed by atoms with Gasteiger partial charge >= 0.3 is 0 Å². The van der Waals surface area contributed by atoms with Crippen LogP contribution in [0.5, 0.6) is 0 Å². The van der Waals surface area contributed by atoms with Crippen molar-refractivity contribution in [3.8, 4) is 0 Å². The van der Waals surface area contributed by atoms with Crippen LogP contribution in [-0.4, -0.2) is 34.9 Å². The second-order valence-corrected chi connectivity index (χ2v) is 9.08. The van der Waals surface area contributed by atoms with Crippen LogP contribution >= 0.6 is 11.6 Å². The van der Waals surface area contributed by atoms with Crippen LogP contribution in [0.3, 0.4) is 0 Å². The van der Waals surface area contributed by atoms with Crippen molar-refractivity contribution in [3.63, 3.8) is 0 Å². The van der Waals surface area contributed by atoms with Gasteiger partial charge in [0.25, 0.3) is 0 Å². The number of halogens is 3. The van der Waals surface area contributed by atoms with Crippen LogP contribution in [0.4, 0.5) is 14.5 Å². The predicted octanol–water partition coefficient (Wildman–Crippen LogP) is 4.38. The van der Waals surface area contributed by atoms with Gasteiger partial charge in [-0.1, -0.05) is 35.9 Å². The third-order valence-corrected chi connectivity index (χ3v) is 7.14. The number of benzene rings is 3. The van der Waals surface area contributed by atoms with Crippen molar-refractivity contribution >= 4 is 41.1 Å². The standard InChI is InChI=1S/C26H16ClF2N3O3/c27-18-11-16(9-10-19(18)29)31-25(34)20-21(26(31)35)23(24(33)13-5-7-15(28)8-6-13)32-22(20)17-4-2-1-3-14(17)12-30-32/h1-12,20-23H/t20-,21-,22-,23+/m1/s1. The molecule has 3 aromatic rings. The smallest absolute Gasteiger partial charge is 0.240 e. The molecular formula is C26H16ClF2N3O3. The van der Waals surface area contributed by atoms with Crippen LogP contribution in [0.15, 0.2) is 71.8 Å². The lowest BCUT2D eigenvalue weighted by Crippen LogP contribution is -2.44. The Bertz CT molecular complexity index is 1440. The summed E-state index contributed by atoms with van der Waals surface area (Å²) >= 11 is 5.92. The highest BCUT2D eigenvalue weighted by Crippen LogP contribution is 2.53. The molecule has 0 aliphatic carbocycles. The van der Waals surface area contributed by atoms with E-state index in [1.54, 1.807) is 6.21 Å². The highest BCUT2D eigenvalue weighted by atomic mass is 35.5. The molecule has 3 aliphatic heterocycles. The topological polar surface area (TPSA) is 70.0 Å². The molecule has 0 saturated carbocycles. The lowest BCUT2D eigenvalue weighted by molar-refractivity contribution is -0.124. The number of rotatable bonds is 3. The van der Waals surface area contributed by atoms with E-state index in [2.05, 4.69) is 5.10 Å². The molecule has 0 radical (unpaired) electrons. The molecule has 0 spiro atoms. The third kappa shape index (κ3) is 3.13. The molecule has 35 heavy (non-hydrogen) atoms. The van der Waals surface area contributed by atoms with E-state index in [0.29, 0.717) is 0 Å². The zero-order chi connectivity index (χ0) is 24.4. The number of imide groups is 1. The Morgan fingerprint density at radius 3 is 2.37 bits per heavy atom. The largest absolute Gasteiger partial charge is 0.292 e. The number of hydrazone groups is 1. The fourth-order valence-corrected chi connectivity index (χ4v) is 5.51. The Balaban J connectivity index is 1.50. The minimum Gasteiger partial charge on any atom is -0.292 e. The SMILES string of the molecule is O=C(c1ccc(F)cc1)[C@@H]1[C@@H]2C(=O)N(c3ccc(F)c(Cl)c3)C(=O)[C@H]2[C@H]2c3ccccc3C=NN12. The molecule has 9 heteroatoms. The molecule has 3 aliphatic rings. The molecular weight excluding hydrogens is 476 g/mol. The van der Waals surface area contributed by atoms with Crippen molar-refractivity contribution in [2.24, 2.45) is 16.9 Å². The first-order valence-corrected chi connectivity index (χ1v) is 11.3. The number of amides is 2. The number of nitrogens with zero attached hydrogens (tertiary/aromatic N) is 3.